The smallest absolute Gasteiger partial charge is 0.229 e. The van der Waals surface area contributed by atoms with Crippen molar-refractivity contribution in [1.29, 1.82) is 0 Å². The first-order valence-electron chi connectivity index (χ1n) is 7.24. The van der Waals surface area contributed by atoms with Crippen LogP contribution in [0.5, 0.6) is 5.75 Å². The van der Waals surface area contributed by atoms with E-state index >= 15 is 0 Å². The number of hydrogen-bond donors (Lipinski definition) is 2. The number of pyridine rings is 1. The SMILES string of the molecule is CNc1ncc(-c2nc3cc(OC)ccc3o2)c2cc(N)nnc12. The highest BCUT2D eigenvalue weighted by molar-refractivity contribution is 5.99. The Kier molecular flexibility index (Phi) is 3.16. The zero-order valence-electron chi connectivity index (χ0n) is 13.1. The lowest BCUT2D eigenvalue weighted by molar-refractivity contribution is 0.415. The fourth-order valence-electron chi connectivity index (χ4n) is 2.55. The molecular weight excluding hydrogens is 308 g/mol. The summed E-state index contributed by atoms with van der Waals surface area (Å²) >= 11 is 0. The molecule has 0 aliphatic heterocycles. The lowest BCUT2D eigenvalue weighted by Crippen LogP contribution is -2.00. The number of aromatic nitrogens is 4. The number of methoxy groups -OCH3 is 1. The number of nitrogens with one attached hydrogen (secondary N) is 1. The lowest BCUT2D eigenvalue weighted by atomic mass is 10.1. The molecular formula is C16H14N6O2. The maximum Gasteiger partial charge on any atom is 0.229 e. The van der Waals surface area contributed by atoms with Gasteiger partial charge in [0.25, 0.3) is 0 Å². The summed E-state index contributed by atoms with van der Waals surface area (Å²) in [4.78, 5) is 8.89. The molecule has 8 heteroatoms. The molecule has 120 valence electrons. The first-order valence-corrected chi connectivity index (χ1v) is 7.24. The van der Waals surface area contributed by atoms with Crippen molar-refractivity contribution in [2.45, 2.75) is 0 Å². The zero-order valence-corrected chi connectivity index (χ0v) is 13.1. The van der Waals surface area contributed by atoms with Gasteiger partial charge in [0.05, 0.1) is 12.7 Å². The average molecular weight is 322 g/mol. The minimum absolute atomic E-state index is 0.315. The normalized spacial score (nSPS) is 11.1. The van der Waals surface area contributed by atoms with Gasteiger partial charge in [0, 0.05) is 24.7 Å². The van der Waals surface area contributed by atoms with Gasteiger partial charge in [-0.3, -0.25) is 0 Å². The van der Waals surface area contributed by atoms with Gasteiger partial charge in [-0.15, -0.1) is 10.2 Å². The Morgan fingerprint density at radius 3 is 2.88 bits per heavy atom. The number of rotatable bonds is 3. The Balaban J connectivity index is 1.97. The molecule has 0 fully saturated rings. The minimum Gasteiger partial charge on any atom is -0.497 e. The highest BCUT2D eigenvalue weighted by atomic mass is 16.5. The molecule has 0 amide bonds. The number of benzene rings is 1. The highest BCUT2D eigenvalue weighted by Gasteiger charge is 2.16. The summed E-state index contributed by atoms with van der Waals surface area (Å²) < 4.78 is 11.1. The molecule has 1 aromatic carbocycles. The Labute approximate surface area is 136 Å². The van der Waals surface area contributed by atoms with Crippen molar-refractivity contribution in [3.63, 3.8) is 0 Å². The van der Waals surface area contributed by atoms with Gasteiger partial charge in [0.2, 0.25) is 5.89 Å². The molecule has 3 aromatic heterocycles. The number of ether oxygens (including phenoxy) is 1. The van der Waals surface area contributed by atoms with E-state index in [9.17, 15) is 0 Å². The topological polar surface area (TPSA) is 112 Å². The van der Waals surface area contributed by atoms with E-state index in [1.807, 2.05) is 18.2 Å². The predicted molar refractivity (Wildman–Crippen MR) is 90.8 cm³/mol. The summed E-state index contributed by atoms with van der Waals surface area (Å²) in [5, 5.41) is 11.8. The molecule has 0 aliphatic carbocycles. The summed E-state index contributed by atoms with van der Waals surface area (Å²) in [6, 6.07) is 7.18. The second-order valence-corrected chi connectivity index (χ2v) is 5.15. The third kappa shape index (κ3) is 2.16. The van der Waals surface area contributed by atoms with Crippen LogP contribution in [0.15, 0.2) is 34.9 Å². The maximum absolute atomic E-state index is 5.86. The fourth-order valence-corrected chi connectivity index (χ4v) is 2.55. The second kappa shape index (κ2) is 5.34. The third-order valence-corrected chi connectivity index (χ3v) is 3.71. The molecule has 0 unspecified atom stereocenters. The van der Waals surface area contributed by atoms with Crippen molar-refractivity contribution < 1.29 is 9.15 Å². The van der Waals surface area contributed by atoms with E-state index in [2.05, 4.69) is 25.5 Å². The quantitative estimate of drug-likeness (QED) is 0.591. The number of oxazole rings is 1. The van der Waals surface area contributed by atoms with Crippen molar-refractivity contribution in [2.24, 2.45) is 0 Å². The fraction of sp³-hybridized carbons (Fsp3) is 0.125. The zero-order chi connectivity index (χ0) is 16.7. The van der Waals surface area contributed by atoms with Gasteiger partial charge in [0.15, 0.2) is 11.4 Å². The van der Waals surface area contributed by atoms with Crippen molar-refractivity contribution in [2.75, 3.05) is 25.2 Å². The van der Waals surface area contributed by atoms with Crippen molar-refractivity contribution in [3.8, 4) is 17.2 Å². The molecule has 8 nitrogen and oxygen atoms in total. The van der Waals surface area contributed by atoms with Crippen LogP contribution in [0.2, 0.25) is 0 Å². The van der Waals surface area contributed by atoms with E-state index in [0.717, 1.165) is 5.39 Å². The highest BCUT2D eigenvalue weighted by Crippen LogP contribution is 2.33. The van der Waals surface area contributed by atoms with Gasteiger partial charge in [0.1, 0.15) is 22.6 Å². The second-order valence-electron chi connectivity index (χ2n) is 5.15. The minimum atomic E-state index is 0.315. The predicted octanol–water partition coefficient (Wildman–Crippen LogP) is 2.47. The molecule has 0 saturated carbocycles. The Morgan fingerprint density at radius 1 is 1.21 bits per heavy atom. The van der Waals surface area contributed by atoms with Gasteiger partial charge in [-0.1, -0.05) is 0 Å². The molecule has 3 heterocycles. The number of nitrogens with zero attached hydrogens (tertiary/aromatic N) is 4. The van der Waals surface area contributed by atoms with E-state index < -0.39 is 0 Å². The van der Waals surface area contributed by atoms with Crippen LogP contribution < -0.4 is 15.8 Å². The summed E-state index contributed by atoms with van der Waals surface area (Å²) in [7, 11) is 3.38. The van der Waals surface area contributed by atoms with Crippen LogP contribution in [0.3, 0.4) is 0 Å². The number of nitrogen functional groups attached to an aromatic ring is 1. The van der Waals surface area contributed by atoms with E-state index in [4.69, 9.17) is 14.9 Å². The largest absolute Gasteiger partial charge is 0.497 e. The van der Waals surface area contributed by atoms with Gasteiger partial charge >= 0.3 is 0 Å². The number of hydrogen-bond acceptors (Lipinski definition) is 8. The standard InChI is InChI=1S/C16H14N6O2/c1-18-15-14-9(6-13(17)21-22-14)10(7-19-15)16-20-11-5-8(23-2)3-4-12(11)24-16/h3-7H,1-2H3,(H2,17,21)(H,18,19). The molecule has 0 saturated heterocycles. The van der Waals surface area contributed by atoms with Gasteiger partial charge in [-0.05, 0) is 18.2 Å². The first-order chi connectivity index (χ1) is 11.7. The number of anilines is 2. The average Bonchev–Trinajstić information content (AvgIpc) is 3.03. The van der Waals surface area contributed by atoms with Gasteiger partial charge < -0.3 is 20.2 Å². The molecule has 4 rings (SSSR count). The molecule has 24 heavy (non-hydrogen) atoms. The van der Waals surface area contributed by atoms with Crippen molar-refractivity contribution in [3.05, 3.63) is 30.5 Å². The Hall–Kier alpha value is -3.42. The van der Waals surface area contributed by atoms with E-state index in [-0.39, 0.29) is 0 Å². The van der Waals surface area contributed by atoms with E-state index in [1.54, 1.807) is 26.4 Å². The van der Waals surface area contributed by atoms with Crippen molar-refractivity contribution in [1.82, 2.24) is 20.2 Å². The van der Waals surface area contributed by atoms with Crippen LogP contribution in [-0.4, -0.2) is 34.3 Å². The van der Waals surface area contributed by atoms with Crippen LogP contribution in [0.25, 0.3) is 33.5 Å². The molecule has 0 radical (unpaired) electrons. The van der Waals surface area contributed by atoms with Crippen LogP contribution in [-0.2, 0) is 0 Å². The van der Waals surface area contributed by atoms with Crippen molar-refractivity contribution >= 4 is 33.6 Å². The number of fused-ring (bicyclic) bond motifs is 2. The van der Waals surface area contributed by atoms with E-state index in [1.165, 1.54) is 0 Å². The lowest BCUT2D eigenvalue weighted by Gasteiger charge is -2.06. The Bertz CT molecular complexity index is 1060. The Morgan fingerprint density at radius 2 is 2.08 bits per heavy atom. The number of nitrogens with two attached hydrogens (primary N) is 1. The summed E-state index contributed by atoms with van der Waals surface area (Å²) in [6.07, 6.45) is 1.68. The van der Waals surface area contributed by atoms with E-state index in [0.29, 0.717) is 45.5 Å². The van der Waals surface area contributed by atoms with Crippen LogP contribution in [0.4, 0.5) is 11.6 Å². The van der Waals surface area contributed by atoms with Gasteiger partial charge in [-0.2, -0.15) is 0 Å². The van der Waals surface area contributed by atoms with Crippen LogP contribution in [0, 0.1) is 0 Å². The molecule has 3 N–H and O–H groups in total. The van der Waals surface area contributed by atoms with Crippen LogP contribution in [0.1, 0.15) is 0 Å². The third-order valence-electron chi connectivity index (χ3n) is 3.71. The summed E-state index contributed by atoms with van der Waals surface area (Å²) in [6.45, 7) is 0. The molecule has 0 spiro atoms. The van der Waals surface area contributed by atoms with Gasteiger partial charge in [-0.25, -0.2) is 9.97 Å². The molecule has 0 atom stereocenters. The first kappa shape index (κ1) is 14.2. The molecule has 0 aliphatic rings. The summed E-state index contributed by atoms with van der Waals surface area (Å²) in [5.41, 5.74) is 8.45. The monoisotopic (exact) mass is 322 g/mol. The summed E-state index contributed by atoms with van der Waals surface area (Å²) in [5.74, 6) is 2.07. The van der Waals surface area contributed by atoms with Crippen LogP contribution >= 0.6 is 0 Å². The molecule has 0 bridgehead atoms. The molecule has 4 aromatic rings. The maximum atomic E-state index is 5.86.